The monoisotopic (exact) mass is 291 g/mol. The molecule has 110 valence electrons. The predicted molar refractivity (Wildman–Crippen MR) is 76.7 cm³/mol. The third-order valence-corrected chi connectivity index (χ3v) is 2.76. The van der Waals surface area contributed by atoms with E-state index in [-0.39, 0.29) is 17.9 Å². The van der Waals surface area contributed by atoms with Crippen LogP contribution in [-0.2, 0) is 11.3 Å². The molecule has 0 aliphatic carbocycles. The van der Waals surface area contributed by atoms with E-state index in [0.29, 0.717) is 11.4 Å². The number of nitrogens with one attached hydrogen (secondary N) is 1. The number of nitrogens with zero attached hydrogens (tertiary/aromatic N) is 1. The number of amides is 1. The molecule has 6 nitrogen and oxygen atoms in total. The van der Waals surface area contributed by atoms with E-state index >= 15 is 0 Å². The van der Waals surface area contributed by atoms with Gasteiger partial charge in [0.25, 0.3) is 5.56 Å². The number of halogens is 1. The number of rotatable bonds is 4. The third-order valence-electron chi connectivity index (χ3n) is 2.76. The van der Waals surface area contributed by atoms with Gasteiger partial charge in [0.15, 0.2) is 0 Å². The Balaban J connectivity index is 2.15. The van der Waals surface area contributed by atoms with Crippen LogP contribution in [0, 0.1) is 5.82 Å². The second kappa shape index (κ2) is 6.08. The van der Waals surface area contributed by atoms with Crippen molar-refractivity contribution < 1.29 is 13.9 Å². The van der Waals surface area contributed by atoms with Gasteiger partial charge >= 0.3 is 0 Å². The molecule has 0 unspecified atom stereocenters. The number of hydrogen-bond acceptors (Lipinski definition) is 4. The largest absolute Gasteiger partial charge is 0.494 e. The van der Waals surface area contributed by atoms with Crippen molar-refractivity contribution in [3.8, 4) is 5.75 Å². The average Bonchev–Trinajstić information content (AvgIpc) is 2.44. The molecule has 7 heteroatoms. The fourth-order valence-corrected chi connectivity index (χ4v) is 1.79. The van der Waals surface area contributed by atoms with Gasteiger partial charge in [-0.2, -0.15) is 0 Å². The topological polar surface area (TPSA) is 86.3 Å². The minimum Gasteiger partial charge on any atom is -0.494 e. The summed E-state index contributed by atoms with van der Waals surface area (Å²) in [6.07, 6.45) is 1.38. The Labute approximate surface area is 120 Å². The first-order valence-electron chi connectivity index (χ1n) is 6.09. The van der Waals surface area contributed by atoms with Crippen molar-refractivity contribution >= 4 is 17.3 Å². The van der Waals surface area contributed by atoms with Gasteiger partial charge in [-0.15, -0.1) is 0 Å². The van der Waals surface area contributed by atoms with Crippen molar-refractivity contribution in [2.75, 3.05) is 18.2 Å². The fourth-order valence-electron chi connectivity index (χ4n) is 1.79. The summed E-state index contributed by atoms with van der Waals surface area (Å²) in [5, 5.41) is 2.55. The maximum Gasteiger partial charge on any atom is 0.251 e. The van der Waals surface area contributed by atoms with Crippen LogP contribution >= 0.6 is 0 Å². The lowest BCUT2D eigenvalue weighted by Crippen LogP contribution is -2.27. The summed E-state index contributed by atoms with van der Waals surface area (Å²) in [6, 6.07) is 6.47. The molecule has 0 aliphatic rings. The molecule has 0 fully saturated rings. The number of hydrogen-bond donors (Lipinski definition) is 2. The van der Waals surface area contributed by atoms with Gasteiger partial charge in [-0.1, -0.05) is 0 Å². The Morgan fingerprint density at radius 3 is 2.86 bits per heavy atom. The molecular weight excluding hydrogens is 277 g/mol. The molecule has 1 heterocycles. The number of ether oxygens (including phenoxy) is 1. The van der Waals surface area contributed by atoms with E-state index in [1.54, 1.807) is 0 Å². The number of benzene rings is 1. The SMILES string of the molecule is COc1cc(F)ccc1NC(=O)Cn1cc(N)ccc1=O. The predicted octanol–water partition coefficient (Wildman–Crippen LogP) is 1.22. The summed E-state index contributed by atoms with van der Waals surface area (Å²) in [5.74, 6) is -0.729. The molecule has 1 amide bonds. The lowest BCUT2D eigenvalue weighted by atomic mass is 10.2. The molecule has 1 aromatic heterocycles. The number of pyridine rings is 1. The van der Waals surface area contributed by atoms with Gasteiger partial charge in [-0.05, 0) is 18.2 Å². The third kappa shape index (κ3) is 3.59. The quantitative estimate of drug-likeness (QED) is 0.886. The standard InChI is InChI=1S/C14H14FN3O3/c1-21-12-6-9(15)2-4-11(12)17-13(19)8-18-7-10(16)3-5-14(18)20/h2-7H,8,16H2,1H3,(H,17,19). The Kier molecular flexibility index (Phi) is 4.22. The summed E-state index contributed by atoms with van der Waals surface area (Å²) in [6.45, 7) is -0.204. The molecule has 0 bridgehead atoms. The number of aromatic nitrogens is 1. The highest BCUT2D eigenvalue weighted by molar-refractivity contribution is 5.92. The number of carbonyl (C=O) groups is 1. The van der Waals surface area contributed by atoms with Crippen molar-refractivity contribution in [1.29, 1.82) is 0 Å². The van der Waals surface area contributed by atoms with Crippen molar-refractivity contribution in [3.05, 3.63) is 52.7 Å². The van der Waals surface area contributed by atoms with Crippen LogP contribution in [0.15, 0.2) is 41.3 Å². The van der Waals surface area contributed by atoms with E-state index in [4.69, 9.17) is 10.5 Å². The minimum atomic E-state index is -0.475. The van der Waals surface area contributed by atoms with Gasteiger partial charge in [0.1, 0.15) is 18.1 Å². The molecular formula is C14H14FN3O3. The molecule has 21 heavy (non-hydrogen) atoms. The number of nitrogen functional groups attached to an aromatic ring is 1. The summed E-state index contributed by atoms with van der Waals surface area (Å²) >= 11 is 0. The highest BCUT2D eigenvalue weighted by atomic mass is 19.1. The van der Waals surface area contributed by atoms with Crippen LogP contribution < -0.4 is 21.3 Å². The maximum atomic E-state index is 13.1. The van der Waals surface area contributed by atoms with Crippen LogP contribution in [0.2, 0.25) is 0 Å². The van der Waals surface area contributed by atoms with Crippen LogP contribution in [0.5, 0.6) is 5.75 Å². The molecule has 0 saturated carbocycles. The van der Waals surface area contributed by atoms with Gasteiger partial charge in [0.05, 0.1) is 12.8 Å². The van der Waals surface area contributed by atoms with E-state index in [0.717, 1.165) is 6.07 Å². The zero-order valence-corrected chi connectivity index (χ0v) is 11.3. The Hall–Kier alpha value is -2.83. The van der Waals surface area contributed by atoms with E-state index in [9.17, 15) is 14.0 Å². The van der Waals surface area contributed by atoms with Crippen LogP contribution in [-0.4, -0.2) is 17.6 Å². The lowest BCUT2D eigenvalue weighted by molar-refractivity contribution is -0.116. The second-order valence-corrected chi connectivity index (χ2v) is 4.32. The molecule has 0 spiro atoms. The zero-order chi connectivity index (χ0) is 15.4. The number of carbonyl (C=O) groups excluding carboxylic acids is 1. The normalized spacial score (nSPS) is 10.2. The Morgan fingerprint density at radius 2 is 2.14 bits per heavy atom. The molecule has 0 aliphatic heterocycles. The summed E-state index contributed by atoms with van der Waals surface area (Å²) < 4.78 is 19.2. The first-order valence-corrected chi connectivity index (χ1v) is 6.09. The number of methoxy groups -OCH3 is 1. The van der Waals surface area contributed by atoms with Crippen LogP contribution in [0.4, 0.5) is 15.8 Å². The summed E-state index contributed by atoms with van der Waals surface area (Å²) in [4.78, 5) is 23.5. The molecule has 2 rings (SSSR count). The van der Waals surface area contributed by atoms with Gasteiger partial charge < -0.3 is 20.4 Å². The number of nitrogens with two attached hydrogens (primary N) is 1. The van der Waals surface area contributed by atoms with Gasteiger partial charge in [0.2, 0.25) is 5.91 Å². The first kappa shape index (κ1) is 14.6. The smallest absolute Gasteiger partial charge is 0.251 e. The molecule has 0 saturated heterocycles. The summed E-state index contributed by atoms with van der Waals surface area (Å²) in [7, 11) is 1.37. The van der Waals surface area contributed by atoms with Gasteiger partial charge in [-0.25, -0.2) is 4.39 Å². The molecule has 2 aromatic rings. The van der Waals surface area contributed by atoms with Crippen molar-refractivity contribution in [2.45, 2.75) is 6.54 Å². The molecule has 3 N–H and O–H groups in total. The van der Waals surface area contributed by atoms with E-state index in [2.05, 4.69) is 5.32 Å². The van der Waals surface area contributed by atoms with Crippen molar-refractivity contribution in [3.63, 3.8) is 0 Å². The number of anilines is 2. The van der Waals surface area contributed by atoms with E-state index < -0.39 is 11.7 Å². The highest BCUT2D eigenvalue weighted by Gasteiger charge is 2.10. The lowest BCUT2D eigenvalue weighted by Gasteiger charge is -2.11. The van der Waals surface area contributed by atoms with E-state index in [1.807, 2.05) is 0 Å². The second-order valence-electron chi connectivity index (χ2n) is 4.32. The van der Waals surface area contributed by atoms with Crippen LogP contribution in [0.3, 0.4) is 0 Å². The molecule has 0 radical (unpaired) electrons. The van der Waals surface area contributed by atoms with Gasteiger partial charge in [0, 0.05) is 24.0 Å². The Morgan fingerprint density at radius 1 is 1.38 bits per heavy atom. The van der Waals surface area contributed by atoms with Gasteiger partial charge in [-0.3, -0.25) is 9.59 Å². The maximum absolute atomic E-state index is 13.1. The molecule has 0 atom stereocenters. The fraction of sp³-hybridized carbons (Fsp3) is 0.143. The van der Waals surface area contributed by atoms with Crippen molar-refractivity contribution in [1.82, 2.24) is 4.57 Å². The summed E-state index contributed by atoms with van der Waals surface area (Å²) in [5.41, 5.74) is 5.92. The average molecular weight is 291 g/mol. The van der Waals surface area contributed by atoms with Crippen molar-refractivity contribution in [2.24, 2.45) is 0 Å². The van der Waals surface area contributed by atoms with E-state index in [1.165, 1.54) is 42.1 Å². The molecule has 1 aromatic carbocycles. The minimum absolute atomic E-state index is 0.197. The van der Waals surface area contributed by atoms with Crippen LogP contribution in [0.1, 0.15) is 0 Å². The van der Waals surface area contributed by atoms with Crippen LogP contribution in [0.25, 0.3) is 0 Å². The Bertz CT molecular complexity index is 728. The first-order chi connectivity index (χ1) is 9.99. The zero-order valence-electron chi connectivity index (χ0n) is 11.3. The highest BCUT2D eigenvalue weighted by Crippen LogP contribution is 2.24.